The minimum absolute atomic E-state index is 0.443. The van der Waals surface area contributed by atoms with Crippen molar-refractivity contribution < 1.29 is 4.79 Å². The molecule has 0 N–H and O–H groups in total. The van der Waals surface area contributed by atoms with Crippen molar-refractivity contribution >= 4 is 11.7 Å². The lowest BCUT2D eigenvalue weighted by atomic mass is 10.1. The molecule has 2 rings (SSSR count). The van der Waals surface area contributed by atoms with Crippen LogP contribution in [0.25, 0.3) is 0 Å². The van der Waals surface area contributed by atoms with Crippen LogP contribution >= 0.6 is 0 Å². The van der Waals surface area contributed by atoms with Crippen LogP contribution in [0.3, 0.4) is 0 Å². The third-order valence-corrected chi connectivity index (χ3v) is 1.70. The van der Waals surface area contributed by atoms with E-state index in [1.807, 2.05) is 30.3 Å². The zero-order chi connectivity index (χ0) is 9.10. The largest absolute Gasteiger partial charge is 0.367 e. The first-order valence-electron chi connectivity index (χ1n) is 3.92. The first kappa shape index (κ1) is 7.73. The zero-order valence-corrected chi connectivity index (χ0v) is 6.84. The summed E-state index contributed by atoms with van der Waals surface area (Å²) in [4.78, 5) is 14.6. The van der Waals surface area contributed by atoms with Crippen molar-refractivity contribution in [3.05, 3.63) is 48.2 Å². The molecule has 1 radical (unpaired) electrons. The maximum Gasteiger partial charge on any atom is 0.367 e. The summed E-state index contributed by atoms with van der Waals surface area (Å²) in [7, 11) is 0. The van der Waals surface area contributed by atoms with Gasteiger partial charge in [0.2, 0.25) is 0 Å². The number of benzene rings is 1. The summed E-state index contributed by atoms with van der Waals surface area (Å²) in [6.45, 7) is 0. The molecule has 0 bridgehead atoms. The van der Waals surface area contributed by atoms with Crippen LogP contribution in [-0.4, -0.2) is 11.7 Å². The van der Waals surface area contributed by atoms with Gasteiger partial charge in [-0.25, -0.2) is 10.1 Å². The third-order valence-electron chi connectivity index (χ3n) is 1.70. The predicted octanol–water partition coefficient (Wildman–Crippen LogP) is 1.73. The summed E-state index contributed by atoms with van der Waals surface area (Å²) < 4.78 is 0. The van der Waals surface area contributed by atoms with Gasteiger partial charge in [-0.2, -0.15) is 4.99 Å². The number of hydrogen-bond acceptors (Lipinski definition) is 1. The van der Waals surface area contributed by atoms with Gasteiger partial charge in [0.1, 0.15) is 0 Å². The van der Waals surface area contributed by atoms with E-state index in [-0.39, 0.29) is 0 Å². The summed E-state index contributed by atoms with van der Waals surface area (Å²) in [5, 5.41) is 3.50. The number of rotatable bonds is 1. The van der Waals surface area contributed by atoms with Crippen LogP contribution < -0.4 is 5.32 Å². The van der Waals surface area contributed by atoms with Crippen LogP contribution in [0.15, 0.2) is 47.6 Å². The third kappa shape index (κ3) is 1.64. The topological polar surface area (TPSA) is 43.5 Å². The smallest absolute Gasteiger partial charge is 0.244 e. The van der Waals surface area contributed by atoms with Crippen molar-refractivity contribution in [2.45, 2.75) is 0 Å². The van der Waals surface area contributed by atoms with Crippen molar-refractivity contribution in [3.63, 3.8) is 0 Å². The van der Waals surface area contributed by atoms with E-state index >= 15 is 0 Å². The molecule has 2 amide bonds. The van der Waals surface area contributed by atoms with E-state index in [1.165, 1.54) is 6.20 Å². The Morgan fingerprint density at radius 1 is 1.08 bits per heavy atom. The van der Waals surface area contributed by atoms with Crippen LogP contribution in [0.1, 0.15) is 5.56 Å². The van der Waals surface area contributed by atoms with E-state index in [4.69, 9.17) is 0 Å². The van der Waals surface area contributed by atoms with Crippen molar-refractivity contribution in [3.8, 4) is 0 Å². The molecular formula is C10H7N2O. The molecule has 3 heteroatoms. The molecule has 1 heterocycles. The Hall–Kier alpha value is -1.90. The molecule has 1 aromatic carbocycles. The molecule has 1 aliphatic rings. The number of nitrogens with zero attached hydrogens (tertiary/aromatic N) is 2. The van der Waals surface area contributed by atoms with Crippen LogP contribution in [-0.2, 0) is 0 Å². The van der Waals surface area contributed by atoms with Crippen LogP contribution in [0.4, 0.5) is 4.79 Å². The van der Waals surface area contributed by atoms with Crippen LogP contribution in [0, 0.1) is 0 Å². The van der Waals surface area contributed by atoms with Gasteiger partial charge >= 0.3 is 6.03 Å². The Morgan fingerprint density at radius 3 is 2.54 bits per heavy atom. The standard InChI is InChI=1S/C10H7N2O/c13-10-11-7-6-9(12-10)8-4-2-1-3-5-8/h1-7H. The molecule has 1 aromatic rings. The van der Waals surface area contributed by atoms with Gasteiger partial charge < -0.3 is 0 Å². The molecule has 0 unspecified atom stereocenters. The number of amides is 2. The lowest BCUT2D eigenvalue weighted by Gasteiger charge is -2.03. The van der Waals surface area contributed by atoms with Gasteiger partial charge in [-0.05, 0) is 6.08 Å². The Balaban J connectivity index is 2.37. The van der Waals surface area contributed by atoms with Crippen LogP contribution in [0.5, 0.6) is 0 Å². The first-order valence-corrected chi connectivity index (χ1v) is 3.92. The van der Waals surface area contributed by atoms with Crippen molar-refractivity contribution in [2.75, 3.05) is 0 Å². The fourth-order valence-electron chi connectivity index (χ4n) is 1.11. The Bertz CT molecular complexity index is 379. The lowest BCUT2D eigenvalue weighted by Crippen LogP contribution is -2.13. The van der Waals surface area contributed by atoms with Gasteiger partial charge in [0, 0.05) is 11.8 Å². The number of carbonyl (C=O) groups excluding carboxylic acids is 1. The molecule has 0 fully saturated rings. The number of aliphatic imine (C=N–C) groups is 1. The van der Waals surface area contributed by atoms with E-state index < -0.39 is 6.03 Å². The summed E-state index contributed by atoms with van der Waals surface area (Å²) in [6.07, 6.45) is 3.19. The van der Waals surface area contributed by atoms with E-state index in [0.29, 0.717) is 5.71 Å². The van der Waals surface area contributed by atoms with Gasteiger partial charge in [0.25, 0.3) is 0 Å². The van der Waals surface area contributed by atoms with Gasteiger partial charge in [-0.3, -0.25) is 0 Å². The number of carbonyl (C=O) groups is 1. The normalized spacial score (nSPS) is 15.1. The highest BCUT2D eigenvalue weighted by atomic mass is 16.2. The second kappa shape index (κ2) is 3.23. The second-order valence-electron chi connectivity index (χ2n) is 2.59. The fourth-order valence-corrected chi connectivity index (χ4v) is 1.11. The molecule has 0 atom stereocenters. The summed E-state index contributed by atoms with van der Waals surface area (Å²) >= 11 is 0. The molecule has 63 valence electrons. The van der Waals surface area contributed by atoms with Gasteiger partial charge in [-0.1, -0.05) is 30.3 Å². The number of urea groups is 1. The molecule has 0 aromatic heterocycles. The first-order chi connectivity index (χ1) is 6.36. The molecule has 0 saturated carbocycles. The SMILES string of the molecule is O=C1[N]C=CC(c2ccccc2)=N1. The van der Waals surface area contributed by atoms with E-state index in [2.05, 4.69) is 10.3 Å². The van der Waals surface area contributed by atoms with Crippen molar-refractivity contribution in [2.24, 2.45) is 4.99 Å². The van der Waals surface area contributed by atoms with E-state index in [1.54, 1.807) is 6.08 Å². The molecular weight excluding hydrogens is 164 g/mol. The Labute approximate surface area is 75.8 Å². The van der Waals surface area contributed by atoms with E-state index in [0.717, 1.165) is 5.56 Å². The quantitative estimate of drug-likeness (QED) is 0.634. The molecule has 13 heavy (non-hydrogen) atoms. The minimum atomic E-state index is -0.443. The average molecular weight is 171 g/mol. The minimum Gasteiger partial charge on any atom is -0.244 e. The molecule has 0 saturated heterocycles. The summed E-state index contributed by atoms with van der Waals surface area (Å²) in [6, 6.07) is 9.09. The van der Waals surface area contributed by atoms with Crippen molar-refractivity contribution in [1.29, 1.82) is 0 Å². The van der Waals surface area contributed by atoms with Gasteiger partial charge in [0.15, 0.2) is 0 Å². The maximum absolute atomic E-state index is 10.8. The van der Waals surface area contributed by atoms with Gasteiger partial charge in [0.05, 0.1) is 5.71 Å². The lowest BCUT2D eigenvalue weighted by molar-refractivity contribution is 0.251. The highest BCUT2D eigenvalue weighted by Crippen LogP contribution is 2.05. The predicted molar refractivity (Wildman–Crippen MR) is 49.6 cm³/mol. The number of allylic oxidation sites excluding steroid dienone is 1. The highest BCUT2D eigenvalue weighted by Gasteiger charge is 2.07. The average Bonchev–Trinajstić information content (AvgIpc) is 2.19. The Kier molecular flexibility index (Phi) is 1.92. The zero-order valence-electron chi connectivity index (χ0n) is 6.84. The molecule has 1 aliphatic heterocycles. The second-order valence-corrected chi connectivity index (χ2v) is 2.59. The van der Waals surface area contributed by atoms with Gasteiger partial charge in [-0.15, -0.1) is 0 Å². The summed E-state index contributed by atoms with van der Waals surface area (Å²) in [5.74, 6) is 0. The maximum atomic E-state index is 10.8. The van der Waals surface area contributed by atoms with E-state index in [9.17, 15) is 4.79 Å². The Morgan fingerprint density at radius 2 is 1.85 bits per heavy atom. The van der Waals surface area contributed by atoms with Crippen molar-refractivity contribution in [1.82, 2.24) is 5.32 Å². The summed E-state index contributed by atoms with van der Waals surface area (Å²) in [5.41, 5.74) is 1.60. The molecule has 3 nitrogen and oxygen atoms in total. The molecule has 0 spiro atoms. The monoisotopic (exact) mass is 171 g/mol. The number of hydrogen-bond donors (Lipinski definition) is 0. The van der Waals surface area contributed by atoms with Crippen LogP contribution in [0.2, 0.25) is 0 Å². The fraction of sp³-hybridized carbons (Fsp3) is 0. The molecule has 0 aliphatic carbocycles. The highest BCUT2D eigenvalue weighted by molar-refractivity contribution is 6.14.